The fourth-order valence-corrected chi connectivity index (χ4v) is 11.1. The van der Waals surface area contributed by atoms with Gasteiger partial charge in [0.05, 0.1) is 17.0 Å². The van der Waals surface area contributed by atoms with Crippen LogP contribution >= 0.6 is 0 Å². The number of hydrogen-bond donors (Lipinski definition) is 3. The van der Waals surface area contributed by atoms with Crippen molar-refractivity contribution in [1.82, 2.24) is 5.32 Å². The van der Waals surface area contributed by atoms with E-state index in [2.05, 4.69) is 46.9 Å². The lowest BCUT2D eigenvalue weighted by Gasteiger charge is -2.42. The fraction of sp³-hybridized carbons (Fsp3) is 0.500. The van der Waals surface area contributed by atoms with Crippen molar-refractivity contribution in [2.75, 3.05) is 13.2 Å². The van der Waals surface area contributed by atoms with E-state index >= 15 is 0 Å². The smallest absolute Gasteiger partial charge is 0.336 e. The molecule has 2 rings (SSSR count). The quantitative estimate of drug-likeness (QED) is 0.175. The van der Waals surface area contributed by atoms with Gasteiger partial charge in [0.25, 0.3) is 5.91 Å². The summed E-state index contributed by atoms with van der Waals surface area (Å²) in [5.41, 5.74) is 3.27. The summed E-state index contributed by atoms with van der Waals surface area (Å²) in [5, 5.41) is 21.6. The molecule has 8 heteroatoms. The summed E-state index contributed by atoms with van der Waals surface area (Å²) in [7, 11) is -1.85. The Kier molecular flexibility index (Phi) is 11.7. The van der Waals surface area contributed by atoms with Gasteiger partial charge in [-0.15, -0.1) is 0 Å². The zero-order valence-electron chi connectivity index (χ0n) is 23.5. The lowest BCUT2D eigenvalue weighted by Crippen LogP contribution is -2.47. The molecule has 0 bridgehead atoms. The molecule has 0 aromatic heterocycles. The first kappa shape index (κ1) is 31.2. The van der Waals surface area contributed by atoms with Crippen molar-refractivity contribution in [2.24, 2.45) is 0 Å². The second kappa shape index (κ2) is 14.3. The summed E-state index contributed by atoms with van der Waals surface area (Å²) in [6.45, 7) is 14.4. The van der Waals surface area contributed by atoms with Crippen molar-refractivity contribution in [3.63, 3.8) is 0 Å². The number of amides is 1. The highest BCUT2D eigenvalue weighted by Gasteiger charge is 2.44. The van der Waals surface area contributed by atoms with Crippen LogP contribution in [0.4, 0.5) is 0 Å². The van der Waals surface area contributed by atoms with Gasteiger partial charge in [0.2, 0.25) is 0 Å². The molecule has 0 aliphatic rings. The molecule has 38 heavy (non-hydrogen) atoms. The summed E-state index contributed by atoms with van der Waals surface area (Å²) in [4.78, 5) is 35.9. The van der Waals surface area contributed by atoms with Gasteiger partial charge in [0, 0.05) is 13.2 Å². The normalized spacial score (nSPS) is 12.7. The van der Waals surface area contributed by atoms with Gasteiger partial charge in [-0.3, -0.25) is 9.59 Å². The van der Waals surface area contributed by atoms with Crippen LogP contribution in [-0.4, -0.2) is 49.5 Å². The number of rotatable bonds is 15. The van der Waals surface area contributed by atoms with Gasteiger partial charge in [-0.25, -0.2) is 4.79 Å². The van der Waals surface area contributed by atoms with Crippen molar-refractivity contribution in [3.05, 3.63) is 70.8 Å². The SMILES string of the molecule is CC(C)[Si](OCCCCc1ccc(C(CNC(=O)c2ccccc2C(=O)O)C(=O)O)cc1)(C(C)C)C(C)C. The van der Waals surface area contributed by atoms with Gasteiger partial charge in [-0.1, -0.05) is 77.9 Å². The molecular weight excluding hydrogens is 498 g/mol. The monoisotopic (exact) mass is 541 g/mol. The molecule has 1 amide bonds. The van der Waals surface area contributed by atoms with E-state index < -0.39 is 32.1 Å². The lowest BCUT2D eigenvalue weighted by molar-refractivity contribution is -0.138. The second-order valence-corrected chi connectivity index (χ2v) is 16.3. The summed E-state index contributed by atoms with van der Waals surface area (Å²) < 4.78 is 6.63. The Hall–Kier alpha value is -2.97. The molecule has 2 aromatic carbocycles. The Labute approximate surface area is 227 Å². The third-order valence-corrected chi connectivity index (χ3v) is 13.6. The number of aliphatic carboxylic acids is 1. The number of carbonyl (C=O) groups excluding carboxylic acids is 1. The number of benzene rings is 2. The highest BCUT2D eigenvalue weighted by molar-refractivity contribution is 6.77. The minimum atomic E-state index is -1.85. The van der Waals surface area contributed by atoms with Gasteiger partial charge in [0.15, 0.2) is 8.32 Å². The molecule has 0 saturated heterocycles. The molecule has 0 aliphatic carbocycles. The van der Waals surface area contributed by atoms with E-state index in [1.165, 1.54) is 18.2 Å². The summed E-state index contributed by atoms with van der Waals surface area (Å²) in [6, 6.07) is 13.3. The average molecular weight is 542 g/mol. The first-order chi connectivity index (χ1) is 17.9. The molecule has 0 saturated carbocycles. The van der Waals surface area contributed by atoms with E-state index in [4.69, 9.17) is 4.43 Å². The first-order valence-corrected chi connectivity index (χ1v) is 15.6. The molecule has 0 aliphatic heterocycles. The minimum absolute atomic E-state index is 0.00134. The number of carbonyl (C=O) groups is 3. The Morgan fingerprint density at radius 1 is 0.816 bits per heavy atom. The first-order valence-electron chi connectivity index (χ1n) is 13.5. The number of unbranched alkanes of at least 4 members (excludes halogenated alkanes) is 1. The summed E-state index contributed by atoms with van der Waals surface area (Å²) in [5.74, 6) is -3.84. The molecular formula is C30H43NO6Si. The molecule has 7 nitrogen and oxygen atoms in total. The van der Waals surface area contributed by atoms with Gasteiger partial charge in [0.1, 0.15) is 0 Å². The minimum Gasteiger partial charge on any atom is -0.481 e. The maximum Gasteiger partial charge on any atom is 0.336 e. The van der Waals surface area contributed by atoms with Crippen LogP contribution in [0, 0.1) is 0 Å². The predicted octanol–water partition coefficient (Wildman–Crippen LogP) is 6.50. The third-order valence-electron chi connectivity index (χ3n) is 7.47. The Balaban J connectivity index is 1.93. The van der Waals surface area contributed by atoms with E-state index in [0.717, 1.165) is 31.4 Å². The molecule has 0 fully saturated rings. The molecule has 0 spiro atoms. The maximum absolute atomic E-state index is 12.6. The average Bonchev–Trinajstić information content (AvgIpc) is 2.86. The highest BCUT2D eigenvalue weighted by atomic mass is 28.4. The molecule has 3 N–H and O–H groups in total. The summed E-state index contributed by atoms with van der Waals surface area (Å²) >= 11 is 0. The Morgan fingerprint density at radius 2 is 1.37 bits per heavy atom. The number of nitrogens with one attached hydrogen (secondary N) is 1. The van der Waals surface area contributed by atoms with Crippen LogP contribution in [0.2, 0.25) is 16.6 Å². The van der Waals surface area contributed by atoms with Gasteiger partial charge < -0.3 is 20.0 Å². The number of carboxylic acids is 2. The van der Waals surface area contributed by atoms with Crippen molar-refractivity contribution in [3.8, 4) is 0 Å². The third kappa shape index (κ3) is 7.77. The molecule has 1 atom stereocenters. The Bertz CT molecular complexity index is 1060. The van der Waals surface area contributed by atoms with E-state index in [1.54, 1.807) is 18.2 Å². The van der Waals surface area contributed by atoms with Crippen LogP contribution in [-0.2, 0) is 15.6 Å². The Morgan fingerprint density at radius 3 is 1.87 bits per heavy atom. The van der Waals surface area contributed by atoms with Gasteiger partial charge >= 0.3 is 11.9 Å². The predicted molar refractivity (Wildman–Crippen MR) is 152 cm³/mol. The van der Waals surface area contributed by atoms with Crippen LogP contribution in [0.25, 0.3) is 0 Å². The second-order valence-electron chi connectivity index (χ2n) is 10.8. The van der Waals surface area contributed by atoms with Crippen LogP contribution in [0.1, 0.15) is 92.1 Å². The zero-order valence-corrected chi connectivity index (χ0v) is 24.5. The highest BCUT2D eigenvalue weighted by Crippen LogP contribution is 2.42. The number of carboxylic acid groups (broad SMARTS) is 2. The summed E-state index contributed by atoms with van der Waals surface area (Å²) in [6.07, 6.45) is 2.84. The molecule has 1 unspecified atom stereocenters. The molecule has 0 heterocycles. The van der Waals surface area contributed by atoms with E-state index in [0.29, 0.717) is 22.2 Å². The van der Waals surface area contributed by atoms with Crippen molar-refractivity contribution < 1.29 is 29.0 Å². The lowest BCUT2D eigenvalue weighted by atomic mass is 9.96. The van der Waals surface area contributed by atoms with Crippen LogP contribution in [0.3, 0.4) is 0 Å². The van der Waals surface area contributed by atoms with Crippen molar-refractivity contribution >= 4 is 26.2 Å². The molecule has 0 radical (unpaired) electrons. The maximum atomic E-state index is 12.6. The molecule has 208 valence electrons. The number of hydrogen-bond acceptors (Lipinski definition) is 4. The van der Waals surface area contributed by atoms with Crippen molar-refractivity contribution in [2.45, 2.75) is 83.3 Å². The number of aryl methyl sites for hydroxylation is 1. The largest absolute Gasteiger partial charge is 0.481 e. The standard InChI is InChI=1S/C30H43NO6Si/c1-20(2)38(21(3)4,22(5)6)37-18-10-9-11-23-14-16-24(17-15-23)27(30(35)36)19-31-28(32)25-12-7-8-13-26(25)29(33)34/h7-8,12-17,20-22,27H,9-11,18-19H2,1-6H3,(H,31,32)(H,33,34)(H,35,36). The fourth-order valence-electron chi connectivity index (χ4n) is 5.60. The van der Waals surface area contributed by atoms with E-state index in [-0.39, 0.29) is 17.7 Å². The van der Waals surface area contributed by atoms with Gasteiger partial charge in [-0.2, -0.15) is 0 Å². The van der Waals surface area contributed by atoms with Crippen LogP contribution < -0.4 is 5.32 Å². The van der Waals surface area contributed by atoms with Crippen LogP contribution in [0.15, 0.2) is 48.5 Å². The molecule has 2 aromatic rings. The van der Waals surface area contributed by atoms with Crippen molar-refractivity contribution in [1.29, 1.82) is 0 Å². The number of aromatic carboxylic acids is 1. The van der Waals surface area contributed by atoms with Crippen LogP contribution in [0.5, 0.6) is 0 Å². The zero-order chi connectivity index (χ0) is 28.5. The van der Waals surface area contributed by atoms with E-state index in [9.17, 15) is 24.6 Å². The van der Waals surface area contributed by atoms with E-state index in [1.807, 2.05) is 12.1 Å². The topological polar surface area (TPSA) is 113 Å². The van der Waals surface area contributed by atoms with Gasteiger partial charge in [-0.05, 0) is 59.1 Å².